The van der Waals surface area contributed by atoms with Crippen LogP contribution in [-0.4, -0.2) is 20.9 Å². The summed E-state index contributed by atoms with van der Waals surface area (Å²) in [5.41, 5.74) is 1.24. The highest BCUT2D eigenvalue weighted by Crippen LogP contribution is 2.17. The smallest absolute Gasteiger partial charge is 0.258 e. The molecule has 0 bridgehead atoms. The van der Waals surface area contributed by atoms with Crippen LogP contribution in [0.25, 0.3) is 11.0 Å². The van der Waals surface area contributed by atoms with E-state index in [1.807, 2.05) is 0 Å². The number of pyridine rings is 1. The number of hydrogen-bond donors (Lipinski definition) is 1. The zero-order valence-electron chi connectivity index (χ0n) is 10.5. The molecular formula is C14H8F2N4O. The van der Waals surface area contributed by atoms with Crippen molar-refractivity contribution in [1.82, 2.24) is 15.0 Å². The number of fused-ring (bicyclic) bond motifs is 1. The van der Waals surface area contributed by atoms with Crippen LogP contribution in [0.2, 0.25) is 0 Å². The number of rotatable bonds is 2. The van der Waals surface area contributed by atoms with Crippen LogP contribution in [0, 0.1) is 11.8 Å². The molecule has 0 unspecified atom stereocenters. The summed E-state index contributed by atoms with van der Waals surface area (Å²) in [4.78, 5) is 23.3. The molecule has 3 aromatic rings. The van der Waals surface area contributed by atoms with Crippen molar-refractivity contribution in [3.8, 4) is 0 Å². The molecule has 0 atom stereocenters. The summed E-state index contributed by atoms with van der Waals surface area (Å²) in [5.74, 6) is -3.36. The number of aromatic nitrogens is 3. The number of anilines is 1. The van der Waals surface area contributed by atoms with E-state index in [1.54, 1.807) is 24.4 Å². The van der Waals surface area contributed by atoms with E-state index in [9.17, 15) is 13.6 Å². The highest BCUT2D eigenvalue weighted by molar-refractivity contribution is 6.05. The minimum atomic E-state index is -1.31. The van der Waals surface area contributed by atoms with Crippen LogP contribution in [0.5, 0.6) is 0 Å². The van der Waals surface area contributed by atoms with Gasteiger partial charge in [0.2, 0.25) is 5.95 Å². The standard InChI is InChI=1S/C14H8F2N4O/c15-12-9(3-4-19-13(12)16)14(21)20-8-1-2-10-11(7-8)18-6-5-17-10/h1-7H,(H,20,21). The van der Waals surface area contributed by atoms with E-state index in [0.717, 1.165) is 12.3 Å². The van der Waals surface area contributed by atoms with Crippen LogP contribution in [0.1, 0.15) is 10.4 Å². The van der Waals surface area contributed by atoms with Gasteiger partial charge < -0.3 is 5.32 Å². The van der Waals surface area contributed by atoms with Gasteiger partial charge in [0.1, 0.15) is 0 Å². The molecule has 0 fully saturated rings. The van der Waals surface area contributed by atoms with Crippen molar-refractivity contribution >= 4 is 22.6 Å². The first-order valence-corrected chi connectivity index (χ1v) is 5.97. The number of carbonyl (C=O) groups excluding carboxylic acids is 1. The summed E-state index contributed by atoms with van der Waals surface area (Å²) in [5, 5.41) is 2.48. The summed E-state index contributed by atoms with van der Waals surface area (Å²) >= 11 is 0. The molecule has 0 aliphatic carbocycles. The molecule has 0 radical (unpaired) electrons. The Balaban J connectivity index is 1.91. The molecule has 0 spiro atoms. The van der Waals surface area contributed by atoms with Crippen molar-refractivity contribution < 1.29 is 13.6 Å². The molecule has 0 saturated carbocycles. The molecule has 0 saturated heterocycles. The normalized spacial score (nSPS) is 10.6. The fourth-order valence-electron chi connectivity index (χ4n) is 1.83. The van der Waals surface area contributed by atoms with Crippen LogP contribution in [0.15, 0.2) is 42.9 Å². The summed E-state index contributed by atoms with van der Waals surface area (Å²) in [6.45, 7) is 0. The van der Waals surface area contributed by atoms with Crippen LogP contribution in [0.3, 0.4) is 0 Å². The molecule has 3 rings (SSSR count). The SMILES string of the molecule is O=C(Nc1ccc2nccnc2c1)c1ccnc(F)c1F. The third kappa shape index (κ3) is 2.53. The van der Waals surface area contributed by atoms with E-state index in [0.29, 0.717) is 16.7 Å². The number of hydrogen-bond acceptors (Lipinski definition) is 4. The average Bonchev–Trinajstić information content (AvgIpc) is 2.50. The third-order valence-electron chi connectivity index (χ3n) is 2.82. The van der Waals surface area contributed by atoms with Gasteiger partial charge in [0.05, 0.1) is 16.6 Å². The van der Waals surface area contributed by atoms with Gasteiger partial charge in [0.15, 0.2) is 5.82 Å². The largest absolute Gasteiger partial charge is 0.322 e. The van der Waals surface area contributed by atoms with E-state index in [2.05, 4.69) is 20.3 Å². The second-order valence-electron chi connectivity index (χ2n) is 4.18. The van der Waals surface area contributed by atoms with E-state index in [4.69, 9.17) is 0 Å². The predicted molar refractivity (Wildman–Crippen MR) is 71.6 cm³/mol. The summed E-state index contributed by atoms with van der Waals surface area (Å²) in [6.07, 6.45) is 4.10. The van der Waals surface area contributed by atoms with Crippen molar-refractivity contribution in [2.75, 3.05) is 5.32 Å². The van der Waals surface area contributed by atoms with Crippen molar-refractivity contribution in [3.05, 3.63) is 60.2 Å². The molecule has 7 heteroatoms. The fourth-order valence-corrected chi connectivity index (χ4v) is 1.83. The lowest BCUT2D eigenvalue weighted by Gasteiger charge is -2.06. The summed E-state index contributed by atoms with van der Waals surface area (Å²) < 4.78 is 26.5. The summed E-state index contributed by atoms with van der Waals surface area (Å²) in [6, 6.07) is 5.97. The quantitative estimate of drug-likeness (QED) is 0.735. The van der Waals surface area contributed by atoms with Gasteiger partial charge in [-0.15, -0.1) is 0 Å². The van der Waals surface area contributed by atoms with E-state index in [1.165, 1.54) is 6.20 Å². The highest BCUT2D eigenvalue weighted by Gasteiger charge is 2.16. The molecule has 2 heterocycles. The van der Waals surface area contributed by atoms with Gasteiger partial charge >= 0.3 is 0 Å². The van der Waals surface area contributed by atoms with E-state index in [-0.39, 0.29) is 0 Å². The lowest BCUT2D eigenvalue weighted by molar-refractivity contribution is 0.102. The zero-order valence-corrected chi connectivity index (χ0v) is 10.5. The van der Waals surface area contributed by atoms with Gasteiger partial charge in [-0.2, -0.15) is 4.39 Å². The molecule has 1 amide bonds. The number of benzene rings is 1. The Labute approximate surface area is 117 Å². The second kappa shape index (κ2) is 5.20. The zero-order chi connectivity index (χ0) is 14.8. The fraction of sp³-hybridized carbons (Fsp3) is 0. The first-order valence-electron chi connectivity index (χ1n) is 5.97. The van der Waals surface area contributed by atoms with Crippen LogP contribution in [0.4, 0.5) is 14.5 Å². The molecule has 0 aliphatic rings. The Morgan fingerprint density at radius 1 is 0.952 bits per heavy atom. The van der Waals surface area contributed by atoms with Gasteiger partial charge in [-0.1, -0.05) is 0 Å². The summed E-state index contributed by atoms with van der Waals surface area (Å²) in [7, 11) is 0. The predicted octanol–water partition coefficient (Wildman–Crippen LogP) is 2.56. The number of nitrogens with zero attached hydrogens (tertiary/aromatic N) is 3. The van der Waals surface area contributed by atoms with E-state index < -0.39 is 23.2 Å². The van der Waals surface area contributed by atoms with Crippen molar-refractivity contribution in [3.63, 3.8) is 0 Å². The minimum Gasteiger partial charge on any atom is -0.322 e. The van der Waals surface area contributed by atoms with Gasteiger partial charge in [-0.3, -0.25) is 14.8 Å². The minimum absolute atomic E-state index is 0.407. The van der Waals surface area contributed by atoms with Gasteiger partial charge in [0.25, 0.3) is 5.91 Å². The van der Waals surface area contributed by atoms with Crippen LogP contribution < -0.4 is 5.32 Å². The second-order valence-corrected chi connectivity index (χ2v) is 4.18. The van der Waals surface area contributed by atoms with E-state index >= 15 is 0 Å². The lowest BCUT2D eigenvalue weighted by atomic mass is 10.2. The molecule has 0 aliphatic heterocycles. The first kappa shape index (κ1) is 13.0. The van der Waals surface area contributed by atoms with Gasteiger partial charge in [-0.25, -0.2) is 9.37 Å². The third-order valence-corrected chi connectivity index (χ3v) is 2.82. The Morgan fingerprint density at radius 3 is 2.52 bits per heavy atom. The Morgan fingerprint density at radius 2 is 1.71 bits per heavy atom. The Bertz CT molecular complexity index is 838. The molecule has 2 aromatic heterocycles. The molecular weight excluding hydrogens is 278 g/mol. The van der Waals surface area contributed by atoms with Crippen molar-refractivity contribution in [2.45, 2.75) is 0 Å². The van der Waals surface area contributed by atoms with Crippen molar-refractivity contribution in [1.29, 1.82) is 0 Å². The number of carbonyl (C=O) groups is 1. The molecule has 1 N–H and O–H groups in total. The Kier molecular flexibility index (Phi) is 3.23. The molecule has 21 heavy (non-hydrogen) atoms. The molecule has 104 valence electrons. The number of halogens is 2. The number of amides is 1. The topological polar surface area (TPSA) is 67.8 Å². The Hall–Kier alpha value is -2.96. The maximum absolute atomic E-state index is 13.5. The first-order chi connectivity index (χ1) is 10.1. The average molecular weight is 286 g/mol. The lowest BCUT2D eigenvalue weighted by Crippen LogP contribution is -2.15. The number of nitrogens with one attached hydrogen (secondary N) is 1. The highest BCUT2D eigenvalue weighted by atomic mass is 19.2. The monoisotopic (exact) mass is 286 g/mol. The van der Waals surface area contributed by atoms with Crippen LogP contribution in [-0.2, 0) is 0 Å². The van der Waals surface area contributed by atoms with Gasteiger partial charge in [-0.05, 0) is 24.3 Å². The van der Waals surface area contributed by atoms with Gasteiger partial charge in [0, 0.05) is 24.3 Å². The molecule has 1 aromatic carbocycles. The molecule has 5 nitrogen and oxygen atoms in total. The van der Waals surface area contributed by atoms with Crippen molar-refractivity contribution in [2.24, 2.45) is 0 Å². The maximum Gasteiger partial charge on any atom is 0.258 e. The van der Waals surface area contributed by atoms with Crippen LogP contribution >= 0.6 is 0 Å². The maximum atomic E-state index is 13.5.